The van der Waals surface area contributed by atoms with E-state index in [1.807, 2.05) is 0 Å². The van der Waals surface area contributed by atoms with Gasteiger partial charge >= 0.3 is 0 Å². The quantitative estimate of drug-likeness (QED) is 0.906. The molecule has 100 valence electrons. The number of oxazole rings is 1. The Hall–Kier alpha value is -2.01. The third-order valence-electron chi connectivity index (χ3n) is 2.56. The SMILES string of the molecule is Cc1cnc(C(C)NC(=O)c2cc(Cl)ccc2O)o1. The number of hydrogen-bond acceptors (Lipinski definition) is 4. The van der Waals surface area contributed by atoms with Crippen LogP contribution >= 0.6 is 11.6 Å². The molecule has 0 saturated carbocycles. The summed E-state index contributed by atoms with van der Waals surface area (Å²) in [7, 11) is 0. The van der Waals surface area contributed by atoms with Crippen LogP contribution in [0.1, 0.15) is 35.0 Å². The number of nitrogens with one attached hydrogen (secondary N) is 1. The van der Waals surface area contributed by atoms with Gasteiger partial charge in [0.15, 0.2) is 0 Å². The van der Waals surface area contributed by atoms with E-state index in [1.165, 1.54) is 18.2 Å². The van der Waals surface area contributed by atoms with E-state index in [4.69, 9.17) is 16.0 Å². The molecule has 6 heteroatoms. The molecule has 2 N–H and O–H groups in total. The third-order valence-corrected chi connectivity index (χ3v) is 2.80. The Morgan fingerprint density at radius 3 is 2.89 bits per heavy atom. The number of phenolic OH excluding ortho intramolecular Hbond substituents is 1. The van der Waals surface area contributed by atoms with Crippen LogP contribution in [0.2, 0.25) is 5.02 Å². The van der Waals surface area contributed by atoms with Crippen molar-refractivity contribution in [1.82, 2.24) is 10.3 Å². The number of phenols is 1. The van der Waals surface area contributed by atoms with Crippen LogP contribution in [0.25, 0.3) is 0 Å². The van der Waals surface area contributed by atoms with Gasteiger partial charge in [-0.05, 0) is 32.0 Å². The number of carbonyl (C=O) groups excluding carboxylic acids is 1. The Balaban J connectivity index is 2.15. The van der Waals surface area contributed by atoms with Crippen LogP contribution in [0.15, 0.2) is 28.8 Å². The van der Waals surface area contributed by atoms with Crippen molar-refractivity contribution in [2.75, 3.05) is 0 Å². The van der Waals surface area contributed by atoms with Crippen molar-refractivity contribution in [3.05, 3.63) is 46.6 Å². The first-order valence-electron chi connectivity index (χ1n) is 5.69. The fourth-order valence-electron chi connectivity index (χ4n) is 1.60. The molecule has 1 amide bonds. The van der Waals surface area contributed by atoms with Crippen molar-refractivity contribution in [1.29, 1.82) is 0 Å². The Morgan fingerprint density at radius 1 is 1.53 bits per heavy atom. The highest BCUT2D eigenvalue weighted by molar-refractivity contribution is 6.31. The van der Waals surface area contributed by atoms with Gasteiger partial charge in [-0.3, -0.25) is 4.79 Å². The van der Waals surface area contributed by atoms with Gasteiger partial charge in [0.05, 0.1) is 11.8 Å². The summed E-state index contributed by atoms with van der Waals surface area (Å²) in [6.45, 7) is 3.51. The molecule has 0 bridgehead atoms. The second-order valence-electron chi connectivity index (χ2n) is 4.17. The second-order valence-corrected chi connectivity index (χ2v) is 4.60. The summed E-state index contributed by atoms with van der Waals surface area (Å²) >= 11 is 5.80. The minimum absolute atomic E-state index is 0.114. The lowest BCUT2D eigenvalue weighted by Crippen LogP contribution is -2.26. The molecule has 0 aliphatic rings. The number of carbonyl (C=O) groups is 1. The van der Waals surface area contributed by atoms with Crippen LogP contribution in [0.3, 0.4) is 0 Å². The standard InChI is InChI=1S/C13H13ClN2O3/c1-7-6-15-13(19-7)8(2)16-12(18)10-5-9(14)3-4-11(10)17/h3-6,8,17H,1-2H3,(H,16,18). The van der Waals surface area contributed by atoms with Crippen molar-refractivity contribution in [2.45, 2.75) is 19.9 Å². The van der Waals surface area contributed by atoms with Crippen LogP contribution in [0.5, 0.6) is 5.75 Å². The molecule has 0 aliphatic heterocycles. The van der Waals surface area contributed by atoms with E-state index in [0.717, 1.165) is 0 Å². The lowest BCUT2D eigenvalue weighted by molar-refractivity contribution is 0.0931. The molecule has 2 aromatic rings. The molecule has 0 fully saturated rings. The maximum absolute atomic E-state index is 12.0. The molecule has 1 aromatic carbocycles. The molecule has 19 heavy (non-hydrogen) atoms. The topological polar surface area (TPSA) is 75.4 Å². The summed E-state index contributed by atoms with van der Waals surface area (Å²) in [5.74, 6) is 0.509. The minimum atomic E-state index is -0.441. The van der Waals surface area contributed by atoms with Crippen LogP contribution in [-0.4, -0.2) is 16.0 Å². The zero-order valence-electron chi connectivity index (χ0n) is 10.5. The first kappa shape index (κ1) is 13.4. The van der Waals surface area contributed by atoms with Crippen LogP contribution < -0.4 is 5.32 Å². The monoisotopic (exact) mass is 280 g/mol. The third kappa shape index (κ3) is 3.06. The van der Waals surface area contributed by atoms with E-state index < -0.39 is 11.9 Å². The van der Waals surface area contributed by atoms with Crippen LogP contribution in [0, 0.1) is 6.92 Å². The number of aryl methyl sites for hydroxylation is 1. The molecule has 1 unspecified atom stereocenters. The Bertz CT molecular complexity index is 610. The molecule has 5 nitrogen and oxygen atoms in total. The number of benzene rings is 1. The summed E-state index contributed by atoms with van der Waals surface area (Å²) in [5, 5.41) is 12.7. The highest BCUT2D eigenvalue weighted by Gasteiger charge is 2.18. The largest absolute Gasteiger partial charge is 0.507 e. The molecule has 1 heterocycles. The predicted octanol–water partition coefficient (Wildman–Crippen LogP) is 2.83. The van der Waals surface area contributed by atoms with Crippen molar-refractivity contribution in [3.8, 4) is 5.75 Å². The summed E-state index contributed by atoms with van der Waals surface area (Å²) < 4.78 is 5.32. The maximum atomic E-state index is 12.0. The Morgan fingerprint density at radius 2 is 2.26 bits per heavy atom. The molecule has 0 spiro atoms. The molecule has 1 aromatic heterocycles. The summed E-state index contributed by atoms with van der Waals surface area (Å²) in [4.78, 5) is 16.0. The van der Waals surface area contributed by atoms with Crippen LogP contribution in [0.4, 0.5) is 0 Å². The fraction of sp³-hybridized carbons (Fsp3) is 0.231. The van der Waals surface area contributed by atoms with Crippen LogP contribution in [-0.2, 0) is 0 Å². The van der Waals surface area contributed by atoms with Gasteiger partial charge in [-0.15, -0.1) is 0 Å². The van der Waals surface area contributed by atoms with Gasteiger partial charge in [-0.2, -0.15) is 0 Å². The van der Waals surface area contributed by atoms with Crippen molar-refractivity contribution >= 4 is 17.5 Å². The predicted molar refractivity (Wildman–Crippen MR) is 70.2 cm³/mol. The summed E-state index contributed by atoms with van der Waals surface area (Å²) in [6.07, 6.45) is 1.58. The average Bonchev–Trinajstić information content (AvgIpc) is 2.79. The fourth-order valence-corrected chi connectivity index (χ4v) is 1.77. The first-order chi connectivity index (χ1) is 8.97. The van der Waals surface area contributed by atoms with E-state index in [-0.39, 0.29) is 11.3 Å². The summed E-state index contributed by atoms with van der Waals surface area (Å²) in [6, 6.07) is 3.88. The smallest absolute Gasteiger partial charge is 0.255 e. The number of amides is 1. The van der Waals surface area contributed by atoms with Crippen molar-refractivity contribution in [3.63, 3.8) is 0 Å². The van der Waals surface area contributed by atoms with Crippen molar-refractivity contribution < 1.29 is 14.3 Å². The summed E-state index contributed by atoms with van der Waals surface area (Å²) in [5.41, 5.74) is 0.114. The normalized spacial score (nSPS) is 12.2. The van der Waals surface area contributed by atoms with Gasteiger partial charge in [0.2, 0.25) is 5.89 Å². The number of nitrogens with zero attached hydrogens (tertiary/aromatic N) is 1. The average molecular weight is 281 g/mol. The lowest BCUT2D eigenvalue weighted by Gasteiger charge is -2.11. The molecular formula is C13H13ClN2O3. The Labute approximate surface area is 115 Å². The van der Waals surface area contributed by atoms with E-state index in [0.29, 0.717) is 16.7 Å². The second kappa shape index (κ2) is 5.32. The number of rotatable bonds is 3. The van der Waals surface area contributed by atoms with E-state index in [1.54, 1.807) is 20.0 Å². The molecule has 0 saturated heterocycles. The van der Waals surface area contributed by atoms with Gasteiger partial charge in [-0.1, -0.05) is 11.6 Å². The number of aromatic hydroxyl groups is 1. The number of halogens is 1. The zero-order chi connectivity index (χ0) is 14.0. The van der Waals surface area contributed by atoms with E-state index in [9.17, 15) is 9.90 Å². The molecular weight excluding hydrogens is 268 g/mol. The lowest BCUT2D eigenvalue weighted by atomic mass is 10.1. The maximum Gasteiger partial charge on any atom is 0.255 e. The molecule has 0 aliphatic carbocycles. The highest BCUT2D eigenvalue weighted by Crippen LogP contribution is 2.22. The minimum Gasteiger partial charge on any atom is -0.507 e. The number of hydrogen-bond donors (Lipinski definition) is 2. The molecule has 0 radical (unpaired) electrons. The van der Waals surface area contributed by atoms with Gasteiger partial charge in [0.1, 0.15) is 17.6 Å². The first-order valence-corrected chi connectivity index (χ1v) is 6.07. The van der Waals surface area contributed by atoms with E-state index >= 15 is 0 Å². The molecule has 1 atom stereocenters. The van der Waals surface area contributed by atoms with Gasteiger partial charge in [0.25, 0.3) is 5.91 Å². The van der Waals surface area contributed by atoms with Crippen molar-refractivity contribution in [2.24, 2.45) is 0 Å². The van der Waals surface area contributed by atoms with Gasteiger partial charge in [-0.25, -0.2) is 4.98 Å². The van der Waals surface area contributed by atoms with Gasteiger partial charge in [0, 0.05) is 5.02 Å². The molecule has 2 rings (SSSR count). The Kier molecular flexibility index (Phi) is 3.76. The van der Waals surface area contributed by atoms with E-state index in [2.05, 4.69) is 10.3 Å². The zero-order valence-corrected chi connectivity index (χ0v) is 11.2. The number of aromatic nitrogens is 1. The highest BCUT2D eigenvalue weighted by atomic mass is 35.5. The van der Waals surface area contributed by atoms with Gasteiger partial charge < -0.3 is 14.8 Å².